The first-order valence-electron chi connectivity index (χ1n) is 10.6. The molecule has 3 aromatic carbocycles. The maximum Gasteiger partial charge on any atom is 0.227 e. The zero-order valence-electron chi connectivity index (χ0n) is 17.6. The number of fused-ring (bicyclic) bond motifs is 1. The minimum Gasteiger partial charge on any atom is -0.362 e. The lowest BCUT2D eigenvalue weighted by Crippen LogP contribution is -2.62. The first kappa shape index (κ1) is 21.2. The molecule has 0 radical (unpaired) electrons. The van der Waals surface area contributed by atoms with Crippen molar-refractivity contribution in [3.8, 4) is 6.07 Å². The smallest absolute Gasteiger partial charge is 0.227 e. The van der Waals surface area contributed by atoms with Crippen LogP contribution in [0.5, 0.6) is 0 Å². The molecule has 1 aliphatic rings. The molecular formula is C27H21FN3OS+. The molecule has 5 rings (SSSR count). The molecule has 0 fully saturated rings. The fourth-order valence-electron chi connectivity index (χ4n) is 4.66. The molecule has 0 unspecified atom stereocenters. The Hall–Kier alpha value is -3.66. The maximum absolute atomic E-state index is 13.8. The monoisotopic (exact) mass is 454 g/mol. The van der Waals surface area contributed by atoms with Gasteiger partial charge in [0, 0.05) is 17.0 Å². The van der Waals surface area contributed by atoms with Crippen molar-refractivity contribution in [3.05, 3.63) is 125 Å². The SMILES string of the molecule is N#CC1=C(S)N[C@](O)(c2ccccc2)[C@H]([n+]2ccc3ccccc3c2)[C@@H]1c1ccc(F)cc1. The van der Waals surface area contributed by atoms with Gasteiger partial charge in [0.1, 0.15) is 5.82 Å². The standard InChI is InChI=1S/C27H20FN3OS/c28-22-12-10-19(11-13-22)24-23(16-29)26(33)30-27(32,21-8-2-1-3-9-21)25(24)31-15-14-18-6-4-5-7-20(18)17-31/h1-15,17,24-25,30,32H/p+1/t24-,25-,27+/m1/s1. The Morgan fingerprint density at radius 2 is 1.61 bits per heavy atom. The molecule has 6 heteroatoms. The second-order valence-electron chi connectivity index (χ2n) is 8.13. The molecule has 0 bridgehead atoms. The average molecular weight is 455 g/mol. The summed E-state index contributed by atoms with van der Waals surface area (Å²) in [4.78, 5) is 0. The van der Waals surface area contributed by atoms with Crippen molar-refractivity contribution < 1.29 is 14.1 Å². The number of benzene rings is 3. The molecule has 1 aliphatic heterocycles. The lowest BCUT2D eigenvalue weighted by atomic mass is 9.75. The molecule has 3 atom stereocenters. The first-order valence-corrected chi connectivity index (χ1v) is 11.0. The van der Waals surface area contributed by atoms with Crippen LogP contribution in [0.2, 0.25) is 0 Å². The Morgan fingerprint density at radius 3 is 2.30 bits per heavy atom. The normalized spacial score (nSPS) is 22.6. The Morgan fingerprint density at radius 1 is 0.939 bits per heavy atom. The Bertz CT molecular complexity index is 1400. The number of aliphatic hydroxyl groups is 1. The van der Waals surface area contributed by atoms with Gasteiger partial charge < -0.3 is 10.4 Å². The van der Waals surface area contributed by atoms with E-state index in [1.165, 1.54) is 12.1 Å². The number of nitrogens with zero attached hydrogens (tertiary/aromatic N) is 2. The van der Waals surface area contributed by atoms with Gasteiger partial charge in [-0.1, -0.05) is 60.7 Å². The Kier molecular flexibility index (Phi) is 5.37. The van der Waals surface area contributed by atoms with Crippen LogP contribution in [0.1, 0.15) is 23.1 Å². The molecule has 0 saturated carbocycles. The summed E-state index contributed by atoms with van der Waals surface area (Å²) in [6, 6.07) is 26.8. The van der Waals surface area contributed by atoms with Gasteiger partial charge in [-0.25, -0.2) is 4.39 Å². The van der Waals surface area contributed by atoms with Crippen molar-refractivity contribution in [2.24, 2.45) is 0 Å². The number of halogens is 1. The number of thiol groups is 1. The maximum atomic E-state index is 13.8. The Labute approximate surface area is 196 Å². The number of allylic oxidation sites excluding steroid dienone is 1. The molecule has 162 valence electrons. The van der Waals surface area contributed by atoms with E-state index < -0.39 is 17.7 Å². The van der Waals surface area contributed by atoms with Gasteiger partial charge in [-0.3, -0.25) is 0 Å². The summed E-state index contributed by atoms with van der Waals surface area (Å²) in [5, 5.41) is 27.7. The average Bonchev–Trinajstić information content (AvgIpc) is 2.84. The van der Waals surface area contributed by atoms with Crippen molar-refractivity contribution in [2.45, 2.75) is 17.7 Å². The number of hydrogen-bond donors (Lipinski definition) is 3. The van der Waals surface area contributed by atoms with Crippen LogP contribution in [0.4, 0.5) is 4.39 Å². The third-order valence-electron chi connectivity index (χ3n) is 6.21. The van der Waals surface area contributed by atoms with Crippen LogP contribution in [-0.4, -0.2) is 5.11 Å². The molecule has 2 N–H and O–H groups in total. The van der Waals surface area contributed by atoms with Crippen molar-refractivity contribution in [1.82, 2.24) is 5.32 Å². The van der Waals surface area contributed by atoms with Crippen molar-refractivity contribution in [1.29, 1.82) is 5.26 Å². The van der Waals surface area contributed by atoms with Crippen LogP contribution in [-0.2, 0) is 5.72 Å². The predicted octanol–water partition coefficient (Wildman–Crippen LogP) is 4.70. The number of pyridine rings is 1. The molecule has 0 saturated heterocycles. The van der Waals surface area contributed by atoms with Gasteiger partial charge in [0.05, 0.1) is 22.6 Å². The molecule has 4 aromatic rings. The number of nitrogens with one attached hydrogen (secondary N) is 1. The van der Waals surface area contributed by atoms with Gasteiger partial charge in [0.15, 0.2) is 12.4 Å². The molecule has 1 aromatic heterocycles. The van der Waals surface area contributed by atoms with Crippen molar-refractivity contribution >= 4 is 23.4 Å². The molecule has 2 heterocycles. The van der Waals surface area contributed by atoms with E-state index >= 15 is 0 Å². The third-order valence-corrected chi connectivity index (χ3v) is 6.57. The Balaban J connectivity index is 1.80. The number of hydrogen-bond acceptors (Lipinski definition) is 4. The summed E-state index contributed by atoms with van der Waals surface area (Å²) in [6.45, 7) is 0. The van der Waals surface area contributed by atoms with Crippen LogP contribution in [0.3, 0.4) is 0 Å². The molecule has 0 amide bonds. The lowest BCUT2D eigenvalue weighted by Gasteiger charge is -2.42. The highest BCUT2D eigenvalue weighted by Gasteiger charge is 2.55. The van der Waals surface area contributed by atoms with Crippen LogP contribution in [0.25, 0.3) is 10.8 Å². The van der Waals surface area contributed by atoms with E-state index in [-0.39, 0.29) is 10.8 Å². The highest BCUT2D eigenvalue weighted by Crippen LogP contribution is 2.47. The van der Waals surface area contributed by atoms with Crippen LogP contribution >= 0.6 is 12.6 Å². The fourth-order valence-corrected chi connectivity index (χ4v) is 5.02. The number of rotatable bonds is 3. The predicted molar refractivity (Wildman–Crippen MR) is 127 cm³/mol. The zero-order valence-corrected chi connectivity index (χ0v) is 18.5. The minimum absolute atomic E-state index is 0.288. The molecular weight excluding hydrogens is 433 g/mol. The van der Waals surface area contributed by atoms with Crippen LogP contribution < -0.4 is 9.88 Å². The first-order chi connectivity index (χ1) is 16.0. The molecule has 0 spiro atoms. The molecule has 0 aliphatic carbocycles. The minimum atomic E-state index is -1.59. The van der Waals surface area contributed by atoms with E-state index in [2.05, 4.69) is 24.0 Å². The molecule has 33 heavy (non-hydrogen) atoms. The summed E-state index contributed by atoms with van der Waals surface area (Å²) in [7, 11) is 0. The van der Waals surface area contributed by atoms with Gasteiger partial charge in [-0.15, -0.1) is 12.6 Å². The highest BCUT2D eigenvalue weighted by molar-refractivity contribution is 7.84. The van der Waals surface area contributed by atoms with E-state index in [1.807, 2.05) is 77.6 Å². The van der Waals surface area contributed by atoms with Gasteiger partial charge in [0.25, 0.3) is 0 Å². The number of aromatic nitrogens is 1. The van der Waals surface area contributed by atoms with Crippen LogP contribution in [0, 0.1) is 17.1 Å². The van der Waals surface area contributed by atoms with E-state index in [9.17, 15) is 14.8 Å². The van der Waals surface area contributed by atoms with Gasteiger partial charge >= 0.3 is 0 Å². The van der Waals surface area contributed by atoms with Gasteiger partial charge in [-0.05, 0) is 29.1 Å². The second kappa shape index (κ2) is 8.36. The quantitative estimate of drug-likeness (QED) is 0.311. The fraction of sp³-hybridized carbons (Fsp3) is 0.111. The van der Waals surface area contributed by atoms with Gasteiger partial charge in [-0.2, -0.15) is 9.83 Å². The highest BCUT2D eigenvalue weighted by atomic mass is 32.1. The van der Waals surface area contributed by atoms with E-state index in [4.69, 9.17) is 0 Å². The summed E-state index contributed by atoms with van der Waals surface area (Å²) >= 11 is 4.54. The van der Waals surface area contributed by atoms with Crippen molar-refractivity contribution in [3.63, 3.8) is 0 Å². The summed E-state index contributed by atoms with van der Waals surface area (Å²) < 4.78 is 15.7. The molecule has 4 nitrogen and oxygen atoms in total. The summed E-state index contributed by atoms with van der Waals surface area (Å²) in [6.07, 6.45) is 3.86. The lowest BCUT2D eigenvalue weighted by molar-refractivity contribution is -0.742. The van der Waals surface area contributed by atoms with E-state index in [0.717, 1.165) is 10.8 Å². The van der Waals surface area contributed by atoms with E-state index in [0.29, 0.717) is 16.7 Å². The zero-order chi connectivity index (χ0) is 23.0. The van der Waals surface area contributed by atoms with Crippen molar-refractivity contribution in [2.75, 3.05) is 0 Å². The largest absolute Gasteiger partial charge is 0.362 e. The van der Waals surface area contributed by atoms with E-state index in [1.54, 1.807) is 12.1 Å². The topological polar surface area (TPSA) is 59.9 Å². The van der Waals surface area contributed by atoms with Gasteiger partial charge in [0.2, 0.25) is 11.8 Å². The summed E-state index contributed by atoms with van der Waals surface area (Å²) in [5.41, 5.74) is 0.119. The third kappa shape index (κ3) is 3.66. The van der Waals surface area contributed by atoms with Crippen LogP contribution in [0.15, 0.2) is 108 Å². The number of nitriles is 1. The second-order valence-corrected chi connectivity index (χ2v) is 8.57. The summed E-state index contributed by atoms with van der Waals surface area (Å²) in [5.74, 6) is -0.949.